The van der Waals surface area contributed by atoms with Crippen LogP contribution in [0.2, 0.25) is 0 Å². The molecule has 0 aromatic heterocycles. The highest BCUT2D eigenvalue weighted by Gasteiger charge is 2.52. The van der Waals surface area contributed by atoms with Crippen LogP contribution in [-0.4, -0.2) is 51.4 Å². The Morgan fingerprint density at radius 2 is 1.83 bits per heavy atom. The van der Waals surface area contributed by atoms with Crippen molar-refractivity contribution in [1.29, 1.82) is 0 Å². The number of aliphatic hydroxyl groups excluding tert-OH is 2. The smallest absolute Gasteiger partial charge is 0.416 e. The zero-order chi connectivity index (χ0) is 26.2. The molecule has 5 nitrogen and oxygen atoms in total. The Morgan fingerprint density at radius 1 is 1.20 bits per heavy atom. The third-order valence-electron chi connectivity index (χ3n) is 9.04. The first-order valence-corrected chi connectivity index (χ1v) is 12.9. The second-order valence-corrected chi connectivity index (χ2v) is 11.5. The number of allylic oxidation sites excluding steroid dienone is 3. The summed E-state index contributed by atoms with van der Waals surface area (Å²) in [5, 5.41) is 30.0. The number of carbonyl (C=O) groups is 1. The van der Waals surface area contributed by atoms with Crippen molar-refractivity contribution in [3.8, 4) is 0 Å². The molecular weight excluding hydrogens is 461 g/mol. The van der Waals surface area contributed by atoms with Gasteiger partial charge in [-0.25, -0.2) is 0 Å². The van der Waals surface area contributed by atoms with E-state index in [1.807, 2.05) is 13.8 Å². The topological polar surface area (TPSA) is 87.0 Å². The standard InChI is InChI=1S/C27H41F3O5/c1-16-22(31)14-18(15-23(16)32)7-8-19-6-5-12-25(3)20(9-10-21(19)25)17(2)35-24(33)11-13-26(4,34)27(28,29)30/h7-8,16-17,20-23,31-32,34H,5-6,9-15H2,1-4H3/b18-7?,19-8+/t16?,17-,20+,21-,22+,23+,25+,26?/m0/s1. The van der Waals surface area contributed by atoms with Gasteiger partial charge in [0.2, 0.25) is 0 Å². The molecule has 1 unspecified atom stereocenters. The summed E-state index contributed by atoms with van der Waals surface area (Å²) in [6.45, 7) is 6.59. The highest BCUT2D eigenvalue weighted by Crippen LogP contribution is 2.58. The molecule has 7 atom stereocenters. The molecule has 0 bridgehead atoms. The molecular formula is C27H41F3O5. The summed E-state index contributed by atoms with van der Waals surface area (Å²) in [5.74, 6) is -0.399. The Balaban J connectivity index is 1.64. The number of halogens is 3. The fourth-order valence-corrected chi connectivity index (χ4v) is 6.50. The molecule has 0 saturated heterocycles. The Morgan fingerprint density at radius 3 is 2.43 bits per heavy atom. The molecule has 3 saturated carbocycles. The summed E-state index contributed by atoms with van der Waals surface area (Å²) in [5.41, 5.74) is -0.592. The molecule has 3 fully saturated rings. The van der Waals surface area contributed by atoms with Gasteiger partial charge in [-0.1, -0.05) is 37.1 Å². The van der Waals surface area contributed by atoms with Gasteiger partial charge in [0.1, 0.15) is 6.10 Å². The van der Waals surface area contributed by atoms with Crippen molar-refractivity contribution in [2.45, 2.75) is 116 Å². The summed E-state index contributed by atoms with van der Waals surface area (Å²) >= 11 is 0. The van der Waals surface area contributed by atoms with E-state index in [-0.39, 0.29) is 17.3 Å². The lowest BCUT2D eigenvalue weighted by atomic mass is 9.62. The minimum Gasteiger partial charge on any atom is -0.462 e. The lowest BCUT2D eigenvalue weighted by Crippen LogP contribution is -2.43. The first kappa shape index (κ1) is 28.2. The molecule has 0 heterocycles. The number of fused-ring (bicyclic) bond motifs is 1. The van der Waals surface area contributed by atoms with Gasteiger partial charge in [0.05, 0.1) is 12.2 Å². The molecule has 3 rings (SSSR count). The summed E-state index contributed by atoms with van der Waals surface area (Å²) in [6.07, 6.45) is 2.68. The lowest BCUT2D eigenvalue weighted by molar-refractivity contribution is -0.255. The van der Waals surface area contributed by atoms with E-state index in [4.69, 9.17) is 4.74 Å². The molecule has 35 heavy (non-hydrogen) atoms. The average Bonchev–Trinajstić information content (AvgIpc) is 3.11. The molecule has 3 N–H and O–H groups in total. The Kier molecular flexibility index (Phi) is 8.49. The number of hydrogen-bond acceptors (Lipinski definition) is 5. The maximum absolute atomic E-state index is 12.9. The van der Waals surface area contributed by atoms with Crippen LogP contribution in [0.5, 0.6) is 0 Å². The molecule has 0 radical (unpaired) electrons. The van der Waals surface area contributed by atoms with Crippen molar-refractivity contribution < 1.29 is 38.0 Å². The SMILES string of the molecule is CC1[C@H](O)CC(=C/C=C2\CCC[C@]3(C)[C@@H]([C@H](C)OC(=O)CCC(C)(O)C(F)(F)F)CC[C@@H]23)C[C@H]1O. The van der Waals surface area contributed by atoms with E-state index < -0.39 is 48.9 Å². The van der Waals surface area contributed by atoms with Gasteiger partial charge in [0.15, 0.2) is 5.60 Å². The van der Waals surface area contributed by atoms with Crippen LogP contribution in [-0.2, 0) is 9.53 Å². The van der Waals surface area contributed by atoms with Gasteiger partial charge < -0.3 is 20.1 Å². The van der Waals surface area contributed by atoms with Gasteiger partial charge in [-0.2, -0.15) is 13.2 Å². The Bertz CT molecular complexity index is 819. The first-order chi connectivity index (χ1) is 16.2. The molecule has 0 spiro atoms. The second kappa shape index (κ2) is 10.5. The van der Waals surface area contributed by atoms with Crippen LogP contribution in [0.1, 0.15) is 85.5 Å². The summed E-state index contributed by atoms with van der Waals surface area (Å²) in [7, 11) is 0. The van der Waals surface area contributed by atoms with Crippen LogP contribution < -0.4 is 0 Å². The van der Waals surface area contributed by atoms with Crippen LogP contribution in [0.15, 0.2) is 23.3 Å². The van der Waals surface area contributed by atoms with Crippen molar-refractivity contribution in [2.24, 2.45) is 23.2 Å². The first-order valence-electron chi connectivity index (χ1n) is 12.9. The number of hydrogen-bond donors (Lipinski definition) is 3. The van der Waals surface area contributed by atoms with E-state index in [1.165, 1.54) is 5.57 Å². The third-order valence-corrected chi connectivity index (χ3v) is 9.04. The predicted molar refractivity (Wildman–Crippen MR) is 126 cm³/mol. The molecule has 3 aliphatic rings. The monoisotopic (exact) mass is 502 g/mol. The maximum Gasteiger partial charge on any atom is 0.416 e. The highest BCUT2D eigenvalue weighted by molar-refractivity contribution is 5.69. The van der Waals surface area contributed by atoms with Crippen molar-refractivity contribution in [3.63, 3.8) is 0 Å². The zero-order valence-electron chi connectivity index (χ0n) is 21.3. The van der Waals surface area contributed by atoms with Gasteiger partial charge in [0.25, 0.3) is 0 Å². The quantitative estimate of drug-likeness (QED) is 0.433. The number of alkyl halides is 3. The molecule has 0 aliphatic heterocycles. The fourth-order valence-electron chi connectivity index (χ4n) is 6.50. The number of esters is 1. The van der Waals surface area contributed by atoms with E-state index in [0.29, 0.717) is 25.7 Å². The highest BCUT2D eigenvalue weighted by atomic mass is 19.4. The van der Waals surface area contributed by atoms with E-state index in [0.717, 1.165) is 37.7 Å². The maximum atomic E-state index is 12.9. The van der Waals surface area contributed by atoms with Gasteiger partial charge in [-0.3, -0.25) is 4.79 Å². The normalized spacial score (nSPS) is 37.5. The Labute approximate surface area is 206 Å². The number of aliphatic hydroxyl groups is 3. The fraction of sp³-hybridized carbons (Fsp3) is 0.815. The van der Waals surface area contributed by atoms with Crippen molar-refractivity contribution >= 4 is 5.97 Å². The zero-order valence-corrected chi connectivity index (χ0v) is 21.3. The third kappa shape index (κ3) is 6.13. The molecule has 0 aromatic rings. The van der Waals surface area contributed by atoms with Gasteiger partial charge in [-0.05, 0) is 76.5 Å². The van der Waals surface area contributed by atoms with Crippen LogP contribution in [0.25, 0.3) is 0 Å². The van der Waals surface area contributed by atoms with Crippen LogP contribution in [0.4, 0.5) is 13.2 Å². The summed E-state index contributed by atoms with van der Waals surface area (Å²) in [6, 6.07) is 0. The van der Waals surface area contributed by atoms with E-state index in [9.17, 15) is 33.3 Å². The van der Waals surface area contributed by atoms with Crippen molar-refractivity contribution in [1.82, 2.24) is 0 Å². The van der Waals surface area contributed by atoms with Crippen molar-refractivity contribution in [2.75, 3.05) is 0 Å². The molecule has 8 heteroatoms. The van der Waals surface area contributed by atoms with Gasteiger partial charge in [-0.15, -0.1) is 0 Å². The average molecular weight is 503 g/mol. The lowest BCUT2D eigenvalue weighted by Gasteiger charge is -2.44. The molecule has 3 aliphatic carbocycles. The Hall–Kier alpha value is -1.38. The van der Waals surface area contributed by atoms with Crippen LogP contribution in [0.3, 0.4) is 0 Å². The van der Waals surface area contributed by atoms with E-state index in [2.05, 4.69) is 19.1 Å². The summed E-state index contributed by atoms with van der Waals surface area (Å²) < 4.78 is 44.2. The molecule has 0 amide bonds. The number of carbonyl (C=O) groups excluding carboxylic acids is 1. The minimum atomic E-state index is -4.79. The van der Waals surface area contributed by atoms with E-state index in [1.54, 1.807) is 0 Å². The summed E-state index contributed by atoms with van der Waals surface area (Å²) in [4.78, 5) is 12.3. The molecule has 200 valence electrons. The predicted octanol–water partition coefficient (Wildman–Crippen LogP) is 5.23. The van der Waals surface area contributed by atoms with Gasteiger partial charge >= 0.3 is 12.1 Å². The number of rotatable bonds is 6. The van der Waals surface area contributed by atoms with Crippen molar-refractivity contribution in [3.05, 3.63) is 23.3 Å². The van der Waals surface area contributed by atoms with Crippen LogP contribution >= 0.6 is 0 Å². The minimum absolute atomic E-state index is 0.0696. The van der Waals surface area contributed by atoms with Gasteiger partial charge in [0, 0.05) is 18.3 Å². The molecule has 0 aromatic carbocycles. The number of ether oxygens (including phenoxy) is 1. The largest absolute Gasteiger partial charge is 0.462 e. The van der Waals surface area contributed by atoms with E-state index >= 15 is 0 Å². The second-order valence-electron chi connectivity index (χ2n) is 11.5. The van der Waals surface area contributed by atoms with Crippen LogP contribution in [0, 0.1) is 23.2 Å².